The first-order valence-corrected chi connectivity index (χ1v) is 13.1. The maximum absolute atomic E-state index is 14.8. The van der Waals surface area contributed by atoms with Crippen LogP contribution in [0.15, 0.2) is 60.7 Å². The van der Waals surface area contributed by atoms with Crippen molar-refractivity contribution >= 4 is 52.2 Å². The quantitative estimate of drug-likeness (QED) is 0.220. The summed E-state index contributed by atoms with van der Waals surface area (Å²) in [4.78, 5) is 14.8. The number of methoxy groups -OCH3 is 2. The predicted octanol–water partition coefficient (Wildman–Crippen LogP) is 8.31. The maximum atomic E-state index is 14.8. The van der Waals surface area contributed by atoms with Crippen LogP contribution in [0, 0.1) is 5.41 Å². The lowest BCUT2D eigenvalue weighted by molar-refractivity contribution is -0.181. The molecule has 0 heterocycles. The zero-order chi connectivity index (χ0) is 28.2. The molecule has 0 amide bonds. The number of Topliss-reactive ketones (excluding diaryl/α,β-unsaturated/α-hetero) is 1. The minimum Gasteiger partial charge on any atom is -0.505 e. The van der Waals surface area contributed by atoms with Crippen LogP contribution >= 0.6 is 46.4 Å². The van der Waals surface area contributed by atoms with Crippen LogP contribution in [-0.4, -0.2) is 30.7 Å². The third-order valence-electron chi connectivity index (χ3n) is 7.58. The topological polar surface area (TPSA) is 65.0 Å². The van der Waals surface area contributed by atoms with E-state index in [1.807, 2.05) is 38.1 Å². The summed E-state index contributed by atoms with van der Waals surface area (Å²) < 4.78 is 17.2. The van der Waals surface area contributed by atoms with Crippen molar-refractivity contribution < 1.29 is 24.1 Å². The van der Waals surface area contributed by atoms with Gasteiger partial charge in [-0.25, -0.2) is 0 Å². The van der Waals surface area contributed by atoms with Crippen molar-refractivity contribution in [2.24, 2.45) is 5.41 Å². The molecule has 38 heavy (non-hydrogen) atoms. The minimum atomic E-state index is -1.59. The van der Waals surface area contributed by atoms with Crippen molar-refractivity contribution in [3.8, 4) is 23.0 Å². The van der Waals surface area contributed by atoms with Crippen LogP contribution in [-0.2, 0) is 10.2 Å². The molecule has 1 unspecified atom stereocenters. The molecule has 0 aromatic heterocycles. The highest BCUT2D eigenvalue weighted by Crippen LogP contribution is 2.68. The Bertz CT molecular complexity index is 1350. The number of carbonyl (C=O) groups excluding carboxylic acids is 1. The molecule has 1 N–H and O–H groups in total. The Labute approximate surface area is 241 Å². The van der Waals surface area contributed by atoms with Crippen LogP contribution in [0.2, 0.25) is 20.1 Å². The highest BCUT2D eigenvalue weighted by atomic mass is 35.5. The number of halogens is 4. The van der Waals surface area contributed by atoms with Crippen molar-refractivity contribution in [1.29, 1.82) is 0 Å². The zero-order valence-corrected chi connectivity index (χ0v) is 24.4. The van der Waals surface area contributed by atoms with Gasteiger partial charge in [0.2, 0.25) is 0 Å². The first-order valence-electron chi connectivity index (χ1n) is 11.6. The van der Waals surface area contributed by atoms with Gasteiger partial charge in [-0.15, -0.1) is 0 Å². The van der Waals surface area contributed by atoms with E-state index in [0.717, 1.165) is 11.1 Å². The first-order chi connectivity index (χ1) is 17.8. The summed E-state index contributed by atoms with van der Waals surface area (Å²) in [7, 11) is 3.15. The van der Waals surface area contributed by atoms with Crippen molar-refractivity contribution in [1.82, 2.24) is 0 Å². The standard InChI is InChI=1S/C29H26Cl4O5/c1-15(2)29(38-25-22(32)20(30)24(34)21(31)23(25)33)26(35)28(27(29,3)4,16-7-11-18(36-5)12-8-16)17-9-13-19(37-6)14-10-17/h7-14,34H,1H2,2-6H3. The number of rotatable bonds is 7. The summed E-state index contributed by atoms with van der Waals surface area (Å²) >= 11 is 25.3. The Kier molecular flexibility index (Phi) is 7.39. The summed E-state index contributed by atoms with van der Waals surface area (Å²) in [5.74, 6) is 0.411. The molecule has 0 aliphatic heterocycles. The van der Waals surface area contributed by atoms with Crippen molar-refractivity contribution in [2.75, 3.05) is 14.2 Å². The Morgan fingerprint density at radius 1 is 0.789 bits per heavy atom. The molecule has 0 saturated heterocycles. The van der Waals surface area contributed by atoms with E-state index in [0.29, 0.717) is 17.1 Å². The number of hydrogen-bond acceptors (Lipinski definition) is 5. The van der Waals surface area contributed by atoms with Gasteiger partial charge in [0.05, 0.1) is 19.6 Å². The fraction of sp³-hybridized carbons (Fsp3) is 0.276. The average molecular weight is 596 g/mol. The van der Waals surface area contributed by atoms with E-state index in [1.54, 1.807) is 45.4 Å². The molecule has 200 valence electrons. The summed E-state index contributed by atoms with van der Waals surface area (Å²) in [6.45, 7) is 9.68. The average Bonchev–Trinajstić information content (AvgIpc) is 2.91. The van der Waals surface area contributed by atoms with Crippen LogP contribution in [0.1, 0.15) is 31.9 Å². The molecule has 1 fully saturated rings. The first kappa shape index (κ1) is 28.4. The zero-order valence-electron chi connectivity index (χ0n) is 21.4. The van der Waals surface area contributed by atoms with Crippen molar-refractivity contribution in [2.45, 2.75) is 31.8 Å². The van der Waals surface area contributed by atoms with E-state index in [-0.39, 0.29) is 31.6 Å². The van der Waals surface area contributed by atoms with Gasteiger partial charge >= 0.3 is 0 Å². The van der Waals surface area contributed by atoms with Crippen LogP contribution < -0.4 is 14.2 Å². The Hall–Kier alpha value is -2.57. The Morgan fingerprint density at radius 3 is 1.50 bits per heavy atom. The second kappa shape index (κ2) is 9.87. The van der Waals surface area contributed by atoms with E-state index in [4.69, 9.17) is 60.6 Å². The van der Waals surface area contributed by atoms with Gasteiger partial charge in [-0.05, 0) is 47.9 Å². The fourth-order valence-corrected chi connectivity index (χ4v) is 6.60. The summed E-state index contributed by atoms with van der Waals surface area (Å²) in [6, 6.07) is 14.7. The largest absolute Gasteiger partial charge is 0.505 e. The third kappa shape index (κ3) is 3.63. The fourth-order valence-electron chi connectivity index (χ4n) is 5.70. The number of carbonyl (C=O) groups is 1. The number of hydrogen-bond donors (Lipinski definition) is 1. The number of ketones is 1. The van der Waals surface area contributed by atoms with Gasteiger partial charge in [-0.1, -0.05) is 91.1 Å². The lowest BCUT2D eigenvalue weighted by atomic mass is 9.36. The normalized spacial score (nSPS) is 19.4. The van der Waals surface area contributed by atoms with Crippen LogP contribution in [0.5, 0.6) is 23.0 Å². The highest BCUT2D eigenvalue weighted by molar-refractivity contribution is 6.50. The van der Waals surface area contributed by atoms with Gasteiger partial charge < -0.3 is 19.3 Å². The van der Waals surface area contributed by atoms with Gasteiger partial charge in [0.15, 0.2) is 22.9 Å². The molecule has 3 aromatic rings. The molecule has 0 bridgehead atoms. The molecule has 1 aliphatic rings. The Morgan fingerprint density at radius 2 is 1.18 bits per heavy atom. The van der Waals surface area contributed by atoms with Gasteiger partial charge in [0.25, 0.3) is 0 Å². The number of benzene rings is 3. The monoisotopic (exact) mass is 594 g/mol. The lowest BCUT2D eigenvalue weighted by Gasteiger charge is -2.66. The lowest BCUT2D eigenvalue weighted by Crippen LogP contribution is -2.81. The second-order valence-electron chi connectivity index (χ2n) is 9.66. The van der Waals surface area contributed by atoms with E-state index in [1.165, 1.54) is 0 Å². The molecule has 5 nitrogen and oxygen atoms in total. The molecule has 1 saturated carbocycles. The van der Waals surface area contributed by atoms with Crippen LogP contribution in [0.3, 0.4) is 0 Å². The van der Waals surface area contributed by atoms with Gasteiger partial charge in [0, 0.05) is 5.41 Å². The summed E-state index contributed by atoms with van der Waals surface area (Å²) in [5, 5.41) is 9.37. The summed E-state index contributed by atoms with van der Waals surface area (Å²) in [6.07, 6.45) is 0. The molecule has 3 aromatic carbocycles. The van der Waals surface area contributed by atoms with Gasteiger partial charge in [0.1, 0.15) is 31.6 Å². The number of aromatic hydroxyl groups is 1. The molecular weight excluding hydrogens is 570 g/mol. The minimum absolute atomic E-state index is 0.122. The van der Waals surface area contributed by atoms with Gasteiger partial charge in [-0.3, -0.25) is 4.79 Å². The number of phenols is 1. The maximum Gasteiger partial charge on any atom is 0.196 e. The molecule has 1 aliphatic carbocycles. The highest BCUT2D eigenvalue weighted by Gasteiger charge is 2.80. The molecule has 0 spiro atoms. The smallest absolute Gasteiger partial charge is 0.196 e. The summed E-state index contributed by atoms with van der Waals surface area (Å²) in [5.41, 5.74) is -1.83. The second-order valence-corrected chi connectivity index (χ2v) is 11.2. The van der Waals surface area contributed by atoms with Gasteiger partial charge in [-0.2, -0.15) is 0 Å². The Balaban J connectivity index is 1.99. The van der Waals surface area contributed by atoms with E-state index >= 15 is 0 Å². The van der Waals surface area contributed by atoms with Crippen LogP contribution in [0.25, 0.3) is 0 Å². The van der Waals surface area contributed by atoms with Crippen LogP contribution in [0.4, 0.5) is 0 Å². The molecule has 4 rings (SSSR count). The van der Waals surface area contributed by atoms with E-state index in [2.05, 4.69) is 6.58 Å². The molecule has 0 radical (unpaired) electrons. The van der Waals surface area contributed by atoms with Crippen molar-refractivity contribution in [3.63, 3.8) is 0 Å². The molecule has 9 heteroatoms. The van der Waals surface area contributed by atoms with E-state index in [9.17, 15) is 9.90 Å². The number of phenolic OH excluding ortho intramolecular Hbond substituents is 1. The molecule has 1 atom stereocenters. The third-order valence-corrected chi connectivity index (χ3v) is 9.23. The number of ether oxygens (including phenoxy) is 3. The van der Waals surface area contributed by atoms with E-state index < -0.39 is 22.2 Å². The SMILES string of the molecule is C=C(C)C1(Oc2c(Cl)c(Cl)c(O)c(Cl)c2Cl)C(=O)C(c2ccc(OC)cc2)(c2ccc(OC)cc2)C1(C)C. The van der Waals surface area contributed by atoms with Crippen molar-refractivity contribution in [3.05, 3.63) is 91.9 Å². The predicted molar refractivity (Wildman–Crippen MR) is 152 cm³/mol. The molecular formula is C29H26Cl4O5.